The Balaban J connectivity index is 2.32. The zero-order valence-electron chi connectivity index (χ0n) is 9.68. The zero-order valence-corrected chi connectivity index (χ0v) is 9.68. The van der Waals surface area contributed by atoms with Crippen molar-refractivity contribution < 1.29 is 9.90 Å². The minimum absolute atomic E-state index is 0.453. The number of carboxylic acids is 1. The van der Waals surface area contributed by atoms with E-state index in [4.69, 9.17) is 0 Å². The molecule has 1 aliphatic carbocycles. The second-order valence-corrected chi connectivity index (χ2v) is 4.91. The van der Waals surface area contributed by atoms with Gasteiger partial charge in [-0.25, -0.2) is 4.79 Å². The van der Waals surface area contributed by atoms with E-state index >= 15 is 0 Å². The predicted octanol–water partition coefficient (Wildman–Crippen LogP) is 1.44. The van der Waals surface area contributed by atoms with E-state index in [1.807, 2.05) is 0 Å². The molecule has 0 spiro atoms. The summed E-state index contributed by atoms with van der Waals surface area (Å²) in [5.74, 6) is 0.481. The highest BCUT2D eigenvalue weighted by Gasteiger charge is 2.47. The fraction of sp³-hybridized carbons (Fsp3) is 0.727. The predicted molar refractivity (Wildman–Crippen MR) is 58.0 cm³/mol. The average molecular weight is 223 g/mol. The maximum Gasteiger partial charge on any atom is 0.329 e. The monoisotopic (exact) mass is 223 g/mol. The van der Waals surface area contributed by atoms with Crippen LogP contribution in [0.3, 0.4) is 0 Å². The summed E-state index contributed by atoms with van der Waals surface area (Å²) in [5.41, 5.74) is -0.770. The normalized spacial score (nSPS) is 18.4. The van der Waals surface area contributed by atoms with Crippen LogP contribution in [-0.2, 0) is 16.8 Å². The van der Waals surface area contributed by atoms with Crippen LogP contribution in [0.4, 0.5) is 0 Å². The third-order valence-electron chi connectivity index (χ3n) is 3.25. The van der Waals surface area contributed by atoms with Crippen LogP contribution in [0, 0.1) is 5.92 Å². The molecule has 16 heavy (non-hydrogen) atoms. The molecule has 1 aromatic heterocycles. The Kier molecular flexibility index (Phi) is 2.69. The highest BCUT2D eigenvalue weighted by Crippen LogP contribution is 2.40. The van der Waals surface area contributed by atoms with Crippen molar-refractivity contribution in [3.8, 4) is 0 Å². The molecule has 0 atom stereocenters. The first-order valence-electron chi connectivity index (χ1n) is 5.69. The van der Waals surface area contributed by atoms with Gasteiger partial charge in [0, 0.05) is 6.42 Å². The highest BCUT2D eigenvalue weighted by molar-refractivity contribution is 5.78. The fourth-order valence-electron chi connectivity index (χ4n) is 2.19. The van der Waals surface area contributed by atoms with Gasteiger partial charge >= 0.3 is 5.97 Å². The van der Waals surface area contributed by atoms with Crippen molar-refractivity contribution in [3.63, 3.8) is 0 Å². The van der Waals surface area contributed by atoms with Gasteiger partial charge in [-0.3, -0.25) is 0 Å². The van der Waals surface area contributed by atoms with Gasteiger partial charge in [0.1, 0.15) is 17.7 Å². The molecule has 0 saturated heterocycles. The topological polar surface area (TPSA) is 68.0 Å². The van der Waals surface area contributed by atoms with Gasteiger partial charge in [0.25, 0.3) is 0 Å². The van der Waals surface area contributed by atoms with Crippen molar-refractivity contribution >= 4 is 5.97 Å². The largest absolute Gasteiger partial charge is 0.479 e. The van der Waals surface area contributed by atoms with Gasteiger partial charge in [-0.2, -0.15) is 0 Å². The van der Waals surface area contributed by atoms with E-state index in [0.29, 0.717) is 18.8 Å². The van der Waals surface area contributed by atoms with Gasteiger partial charge in [0.05, 0.1) is 0 Å². The lowest BCUT2D eigenvalue weighted by atomic mass is 9.76. The van der Waals surface area contributed by atoms with Gasteiger partial charge in [-0.05, 0) is 25.2 Å². The summed E-state index contributed by atoms with van der Waals surface area (Å²) in [7, 11) is 0. The first kappa shape index (κ1) is 11.1. The van der Waals surface area contributed by atoms with Gasteiger partial charge in [0.15, 0.2) is 0 Å². The number of nitrogens with zero attached hydrogens (tertiary/aromatic N) is 3. The molecule has 1 aromatic rings. The second kappa shape index (κ2) is 3.88. The Morgan fingerprint density at radius 1 is 1.62 bits per heavy atom. The van der Waals surface area contributed by atoms with Crippen molar-refractivity contribution in [1.29, 1.82) is 0 Å². The molecule has 5 nitrogen and oxygen atoms in total. The molecule has 0 radical (unpaired) electrons. The Hall–Kier alpha value is -1.39. The first-order chi connectivity index (χ1) is 7.56. The van der Waals surface area contributed by atoms with Crippen molar-refractivity contribution in [2.24, 2.45) is 5.92 Å². The van der Waals surface area contributed by atoms with Crippen LogP contribution in [0.2, 0.25) is 0 Å². The lowest BCUT2D eigenvalue weighted by molar-refractivity contribution is -0.152. The molecule has 0 unspecified atom stereocenters. The maximum atomic E-state index is 11.4. The molecule has 2 rings (SSSR count). The lowest BCUT2D eigenvalue weighted by Crippen LogP contribution is -2.48. The van der Waals surface area contributed by atoms with Crippen LogP contribution in [0.1, 0.15) is 38.9 Å². The van der Waals surface area contributed by atoms with Crippen molar-refractivity contribution in [1.82, 2.24) is 14.8 Å². The maximum absolute atomic E-state index is 11.4. The van der Waals surface area contributed by atoms with Crippen molar-refractivity contribution in [2.75, 3.05) is 0 Å². The molecular weight excluding hydrogens is 206 g/mol. The molecule has 0 bridgehead atoms. The smallest absolute Gasteiger partial charge is 0.329 e. The van der Waals surface area contributed by atoms with Crippen LogP contribution in [0.5, 0.6) is 0 Å². The SMILES string of the molecule is CC(C)Cc1nncn1C1(C(=O)O)CCC1. The molecule has 1 fully saturated rings. The molecule has 1 aliphatic rings. The summed E-state index contributed by atoms with van der Waals surface area (Å²) >= 11 is 0. The molecule has 0 aromatic carbocycles. The van der Waals surface area contributed by atoms with Crippen LogP contribution in [-0.4, -0.2) is 25.8 Å². The minimum Gasteiger partial charge on any atom is -0.479 e. The zero-order chi connectivity index (χ0) is 11.8. The minimum atomic E-state index is -0.770. The van der Waals surface area contributed by atoms with Gasteiger partial charge in [0.2, 0.25) is 0 Å². The van der Waals surface area contributed by atoms with E-state index in [9.17, 15) is 9.90 Å². The summed E-state index contributed by atoms with van der Waals surface area (Å²) in [5, 5.41) is 17.2. The van der Waals surface area contributed by atoms with E-state index in [-0.39, 0.29) is 0 Å². The summed E-state index contributed by atoms with van der Waals surface area (Å²) in [6.07, 6.45) is 4.67. The van der Waals surface area contributed by atoms with E-state index < -0.39 is 11.5 Å². The average Bonchev–Trinajstić information content (AvgIpc) is 2.49. The van der Waals surface area contributed by atoms with E-state index in [0.717, 1.165) is 18.7 Å². The van der Waals surface area contributed by atoms with Gasteiger partial charge in [-0.1, -0.05) is 13.8 Å². The summed E-state index contributed by atoms with van der Waals surface area (Å²) < 4.78 is 1.76. The van der Waals surface area contributed by atoms with Crippen LogP contribution in [0.25, 0.3) is 0 Å². The van der Waals surface area contributed by atoms with Gasteiger partial charge in [-0.15, -0.1) is 10.2 Å². The van der Waals surface area contributed by atoms with E-state index in [1.165, 1.54) is 0 Å². The first-order valence-corrected chi connectivity index (χ1v) is 5.69. The number of rotatable bonds is 4. The highest BCUT2D eigenvalue weighted by atomic mass is 16.4. The number of hydrogen-bond donors (Lipinski definition) is 1. The Morgan fingerprint density at radius 2 is 2.31 bits per heavy atom. The van der Waals surface area contributed by atoms with E-state index in [1.54, 1.807) is 10.9 Å². The third kappa shape index (κ3) is 1.60. The number of carbonyl (C=O) groups is 1. The number of aliphatic carboxylic acids is 1. The van der Waals surface area contributed by atoms with E-state index in [2.05, 4.69) is 24.0 Å². The standard InChI is InChI=1S/C11H17N3O2/c1-8(2)6-9-13-12-7-14(9)11(10(15)16)4-3-5-11/h7-8H,3-6H2,1-2H3,(H,15,16). The second-order valence-electron chi connectivity index (χ2n) is 4.91. The molecule has 1 saturated carbocycles. The molecule has 5 heteroatoms. The summed E-state index contributed by atoms with van der Waals surface area (Å²) in [4.78, 5) is 11.4. The van der Waals surface area contributed by atoms with Crippen LogP contribution >= 0.6 is 0 Å². The fourth-order valence-corrected chi connectivity index (χ4v) is 2.19. The van der Waals surface area contributed by atoms with Crippen LogP contribution in [0.15, 0.2) is 6.33 Å². The molecule has 88 valence electrons. The Bertz CT molecular complexity index is 394. The molecule has 0 amide bonds. The third-order valence-corrected chi connectivity index (χ3v) is 3.25. The molecular formula is C11H17N3O2. The van der Waals surface area contributed by atoms with Gasteiger partial charge < -0.3 is 9.67 Å². The quantitative estimate of drug-likeness (QED) is 0.838. The number of carboxylic acid groups (broad SMARTS) is 1. The molecule has 1 heterocycles. The molecule has 1 N–H and O–H groups in total. The number of aromatic nitrogens is 3. The summed E-state index contributed by atoms with van der Waals surface area (Å²) in [6.45, 7) is 4.18. The number of hydrogen-bond acceptors (Lipinski definition) is 3. The van der Waals surface area contributed by atoms with Crippen molar-refractivity contribution in [3.05, 3.63) is 12.2 Å². The molecule has 0 aliphatic heterocycles. The Labute approximate surface area is 94.5 Å². The Morgan fingerprint density at radius 3 is 2.75 bits per heavy atom. The lowest BCUT2D eigenvalue weighted by Gasteiger charge is -2.39. The summed E-state index contributed by atoms with van der Waals surface area (Å²) in [6, 6.07) is 0. The van der Waals surface area contributed by atoms with Crippen LogP contribution < -0.4 is 0 Å². The van der Waals surface area contributed by atoms with Crippen molar-refractivity contribution in [2.45, 2.75) is 45.1 Å².